The van der Waals surface area contributed by atoms with E-state index in [9.17, 15) is 4.79 Å². The quantitative estimate of drug-likeness (QED) is 0.469. The first-order valence-corrected chi connectivity index (χ1v) is 6.07. The molecular weight excluding hydrogens is 258 g/mol. The van der Waals surface area contributed by atoms with Crippen molar-refractivity contribution in [1.29, 1.82) is 5.26 Å². The second-order valence-corrected chi connectivity index (χ2v) is 4.21. The van der Waals surface area contributed by atoms with Crippen LogP contribution < -0.4 is 9.47 Å². The summed E-state index contributed by atoms with van der Waals surface area (Å²) in [5.41, 5.74) is 0.481. The van der Waals surface area contributed by atoms with Gasteiger partial charge in [-0.2, -0.15) is 5.26 Å². The maximum Gasteiger partial charge on any atom is 0.349 e. The van der Waals surface area contributed by atoms with Gasteiger partial charge in [0.05, 0.1) is 20.3 Å². The molecule has 0 amide bonds. The second kappa shape index (κ2) is 7.19. The number of esters is 1. The number of carbonyl (C=O) groups excluding carboxylic acids is 1. The number of carbonyl (C=O) groups is 1. The third-order valence-electron chi connectivity index (χ3n) is 2.42. The van der Waals surface area contributed by atoms with E-state index in [-0.39, 0.29) is 11.7 Å². The van der Waals surface area contributed by atoms with Crippen LogP contribution in [-0.2, 0) is 9.53 Å². The summed E-state index contributed by atoms with van der Waals surface area (Å²) >= 11 is 0. The lowest BCUT2D eigenvalue weighted by Crippen LogP contribution is -2.12. The Bertz CT molecular complexity index is 555. The van der Waals surface area contributed by atoms with Crippen LogP contribution in [0, 0.1) is 11.3 Å². The van der Waals surface area contributed by atoms with Crippen molar-refractivity contribution in [1.82, 2.24) is 0 Å². The number of methoxy groups -OCH3 is 2. The van der Waals surface area contributed by atoms with Crippen molar-refractivity contribution in [2.24, 2.45) is 0 Å². The van der Waals surface area contributed by atoms with Gasteiger partial charge >= 0.3 is 5.97 Å². The van der Waals surface area contributed by atoms with Gasteiger partial charge in [-0.3, -0.25) is 0 Å². The second-order valence-electron chi connectivity index (χ2n) is 4.21. The molecule has 0 bridgehead atoms. The molecule has 1 rings (SSSR count). The fourth-order valence-electron chi connectivity index (χ4n) is 1.60. The average molecular weight is 275 g/mol. The van der Waals surface area contributed by atoms with Crippen molar-refractivity contribution in [3.63, 3.8) is 0 Å². The SMILES string of the molecule is COc1cccc(C=C(C#N)C(=O)OC(C)C)c1OC. The topological polar surface area (TPSA) is 68.5 Å². The van der Waals surface area contributed by atoms with Crippen LogP contribution in [0.5, 0.6) is 11.5 Å². The maximum atomic E-state index is 11.8. The molecule has 1 aromatic rings. The lowest BCUT2D eigenvalue weighted by Gasteiger charge is -2.11. The van der Waals surface area contributed by atoms with E-state index in [1.807, 2.05) is 6.07 Å². The predicted molar refractivity (Wildman–Crippen MR) is 74.4 cm³/mol. The van der Waals surface area contributed by atoms with Gasteiger partial charge in [0.1, 0.15) is 11.6 Å². The van der Waals surface area contributed by atoms with Gasteiger partial charge in [0.2, 0.25) is 0 Å². The summed E-state index contributed by atoms with van der Waals surface area (Å²) in [7, 11) is 3.01. The molecule has 1 aromatic carbocycles. The molecule has 5 nitrogen and oxygen atoms in total. The highest BCUT2D eigenvalue weighted by Crippen LogP contribution is 2.32. The van der Waals surface area contributed by atoms with Crippen LogP contribution in [-0.4, -0.2) is 26.3 Å². The van der Waals surface area contributed by atoms with E-state index in [1.165, 1.54) is 20.3 Å². The largest absolute Gasteiger partial charge is 0.493 e. The molecule has 0 aliphatic rings. The van der Waals surface area contributed by atoms with E-state index in [0.29, 0.717) is 17.1 Å². The molecule has 0 aromatic heterocycles. The molecule has 0 unspecified atom stereocenters. The lowest BCUT2D eigenvalue weighted by atomic mass is 10.1. The fourth-order valence-corrected chi connectivity index (χ4v) is 1.60. The zero-order chi connectivity index (χ0) is 15.1. The van der Waals surface area contributed by atoms with Crippen LogP contribution >= 0.6 is 0 Å². The summed E-state index contributed by atoms with van der Waals surface area (Å²) in [6.45, 7) is 3.44. The predicted octanol–water partition coefficient (Wildman–Crippen LogP) is 2.56. The fraction of sp³-hybridized carbons (Fsp3) is 0.333. The monoisotopic (exact) mass is 275 g/mol. The normalized spacial score (nSPS) is 10.9. The van der Waals surface area contributed by atoms with Gasteiger partial charge in [-0.1, -0.05) is 12.1 Å². The molecule has 20 heavy (non-hydrogen) atoms. The van der Waals surface area contributed by atoms with Crippen molar-refractivity contribution < 1.29 is 19.0 Å². The summed E-state index contributed by atoms with van der Waals surface area (Å²) in [4.78, 5) is 11.8. The first kappa shape index (κ1) is 15.6. The Morgan fingerprint density at radius 2 is 2.00 bits per heavy atom. The number of nitriles is 1. The Kier molecular flexibility index (Phi) is 5.60. The van der Waals surface area contributed by atoms with E-state index < -0.39 is 5.97 Å². The van der Waals surface area contributed by atoms with Crippen LogP contribution in [0.25, 0.3) is 6.08 Å². The Labute approximate surface area is 118 Å². The summed E-state index contributed by atoms with van der Waals surface area (Å²) < 4.78 is 15.4. The molecule has 0 fully saturated rings. The number of ether oxygens (including phenoxy) is 3. The van der Waals surface area contributed by atoms with E-state index in [0.717, 1.165) is 0 Å². The molecule has 0 aliphatic carbocycles. The molecule has 0 saturated heterocycles. The first-order valence-electron chi connectivity index (χ1n) is 6.07. The molecule has 5 heteroatoms. The molecule has 0 heterocycles. The Morgan fingerprint density at radius 3 is 2.50 bits per heavy atom. The third-order valence-corrected chi connectivity index (χ3v) is 2.42. The zero-order valence-electron chi connectivity index (χ0n) is 12.0. The van der Waals surface area contributed by atoms with Gasteiger partial charge in [-0.25, -0.2) is 4.79 Å². The number of benzene rings is 1. The van der Waals surface area contributed by atoms with Gasteiger partial charge in [0.25, 0.3) is 0 Å². The summed E-state index contributed by atoms with van der Waals surface area (Å²) in [6.07, 6.45) is 1.14. The lowest BCUT2D eigenvalue weighted by molar-refractivity contribution is -0.142. The Balaban J connectivity index is 3.20. The number of rotatable bonds is 5. The molecule has 0 aliphatic heterocycles. The highest BCUT2D eigenvalue weighted by atomic mass is 16.5. The highest BCUT2D eigenvalue weighted by Gasteiger charge is 2.15. The molecule has 106 valence electrons. The molecule has 0 radical (unpaired) electrons. The first-order chi connectivity index (χ1) is 9.53. The molecule has 0 atom stereocenters. The van der Waals surface area contributed by atoms with Gasteiger partial charge in [0.15, 0.2) is 11.5 Å². The minimum atomic E-state index is -0.660. The minimum absolute atomic E-state index is 0.0924. The van der Waals surface area contributed by atoms with Crippen LogP contribution in [0.2, 0.25) is 0 Å². The molecule has 0 spiro atoms. The van der Waals surface area contributed by atoms with Crippen LogP contribution in [0.3, 0.4) is 0 Å². The Hall–Kier alpha value is -2.48. The van der Waals surface area contributed by atoms with Crippen LogP contribution in [0.4, 0.5) is 0 Å². The molecular formula is C15H17NO4. The van der Waals surface area contributed by atoms with E-state index in [2.05, 4.69) is 0 Å². The minimum Gasteiger partial charge on any atom is -0.493 e. The third kappa shape index (κ3) is 3.75. The number of hydrogen-bond donors (Lipinski definition) is 0. The summed E-state index contributed by atoms with van der Waals surface area (Å²) in [5.74, 6) is 0.322. The number of hydrogen-bond acceptors (Lipinski definition) is 5. The smallest absolute Gasteiger partial charge is 0.349 e. The van der Waals surface area contributed by atoms with Crippen molar-refractivity contribution >= 4 is 12.0 Å². The van der Waals surface area contributed by atoms with Gasteiger partial charge in [-0.15, -0.1) is 0 Å². The molecule has 0 saturated carbocycles. The summed E-state index contributed by atoms with van der Waals surface area (Å²) in [6, 6.07) is 7.04. The standard InChI is InChI=1S/C15H17NO4/c1-10(2)20-15(17)12(9-16)8-11-6-5-7-13(18-3)14(11)19-4/h5-8,10H,1-4H3. The Morgan fingerprint density at radius 1 is 1.30 bits per heavy atom. The van der Waals surface area contributed by atoms with Gasteiger partial charge in [0, 0.05) is 5.56 Å². The van der Waals surface area contributed by atoms with Crippen molar-refractivity contribution in [3.8, 4) is 17.6 Å². The van der Waals surface area contributed by atoms with Gasteiger partial charge in [-0.05, 0) is 26.0 Å². The van der Waals surface area contributed by atoms with Crippen molar-refractivity contribution in [2.75, 3.05) is 14.2 Å². The van der Waals surface area contributed by atoms with Crippen LogP contribution in [0.1, 0.15) is 19.4 Å². The molecule has 0 N–H and O–H groups in total. The van der Waals surface area contributed by atoms with Crippen LogP contribution in [0.15, 0.2) is 23.8 Å². The summed E-state index contributed by atoms with van der Waals surface area (Å²) in [5, 5.41) is 9.07. The van der Waals surface area contributed by atoms with Gasteiger partial charge < -0.3 is 14.2 Å². The number of para-hydroxylation sites is 1. The van der Waals surface area contributed by atoms with E-state index in [4.69, 9.17) is 19.5 Å². The van der Waals surface area contributed by atoms with Crippen molar-refractivity contribution in [3.05, 3.63) is 29.3 Å². The number of nitrogens with zero attached hydrogens (tertiary/aromatic N) is 1. The van der Waals surface area contributed by atoms with Crippen molar-refractivity contribution in [2.45, 2.75) is 20.0 Å². The average Bonchev–Trinajstić information content (AvgIpc) is 2.43. The van der Waals surface area contributed by atoms with E-state index >= 15 is 0 Å². The maximum absolute atomic E-state index is 11.8. The van der Waals surface area contributed by atoms with E-state index in [1.54, 1.807) is 32.0 Å². The zero-order valence-corrected chi connectivity index (χ0v) is 12.0. The highest BCUT2D eigenvalue weighted by molar-refractivity contribution is 5.98.